The minimum absolute atomic E-state index is 0.213. The molecule has 54 valence electrons. The molecule has 4 heteroatoms. The second-order valence-electron chi connectivity index (χ2n) is 1.21. The van der Waals surface area contributed by atoms with Crippen molar-refractivity contribution in [2.24, 2.45) is 0 Å². The van der Waals surface area contributed by atoms with Gasteiger partial charge in [-0.25, -0.2) is 0 Å². The van der Waals surface area contributed by atoms with E-state index < -0.39 is 8.03 Å². The van der Waals surface area contributed by atoms with Crippen LogP contribution in [0.3, 0.4) is 0 Å². The van der Waals surface area contributed by atoms with E-state index in [2.05, 4.69) is 0 Å². The molecular formula is C5H12O3P+. The third-order valence-corrected chi connectivity index (χ3v) is 1.07. The summed E-state index contributed by atoms with van der Waals surface area (Å²) in [5.41, 5.74) is 0. The van der Waals surface area contributed by atoms with Crippen LogP contribution >= 0.6 is 8.03 Å². The van der Waals surface area contributed by atoms with Crippen molar-refractivity contribution >= 4 is 13.8 Å². The van der Waals surface area contributed by atoms with Crippen LogP contribution in [0.15, 0.2) is 0 Å². The molecule has 0 aliphatic heterocycles. The van der Waals surface area contributed by atoms with Crippen molar-refractivity contribution in [2.75, 3.05) is 6.16 Å². The molecule has 0 aromatic carbocycles. The highest BCUT2D eigenvalue weighted by Gasteiger charge is 2.12. The average molecular weight is 151 g/mol. The Morgan fingerprint density at radius 3 is 1.89 bits per heavy atom. The Morgan fingerprint density at radius 1 is 1.56 bits per heavy atom. The highest BCUT2D eigenvalue weighted by molar-refractivity contribution is 7.39. The lowest BCUT2D eigenvalue weighted by molar-refractivity contribution is -0.114. The van der Waals surface area contributed by atoms with E-state index in [1.54, 1.807) is 0 Å². The summed E-state index contributed by atoms with van der Waals surface area (Å²) in [7, 11) is -2.24. The summed E-state index contributed by atoms with van der Waals surface area (Å²) in [6.45, 7) is 5.28. The minimum atomic E-state index is -2.24. The van der Waals surface area contributed by atoms with Gasteiger partial charge in [0.05, 0.1) is 0 Å². The molecular weight excluding hydrogens is 139 g/mol. The van der Waals surface area contributed by atoms with Crippen LogP contribution in [0.2, 0.25) is 0 Å². The van der Waals surface area contributed by atoms with Gasteiger partial charge in [-0.15, -0.1) is 0 Å². The van der Waals surface area contributed by atoms with Gasteiger partial charge in [0.2, 0.25) is 6.16 Å². The fraction of sp³-hybridized carbons (Fsp3) is 0.800. The first-order valence-corrected chi connectivity index (χ1v) is 4.15. The van der Waals surface area contributed by atoms with Gasteiger partial charge in [-0.2, -0.15) is 4.89 Å². The van der Waals surface area contributed by atoms with Crippen molar-refractivity contribution < 1.29 is 14.3 Å². The van der Waals surface area contributed by atoms with E-state index in [1.807, 2.05) is 13.8 Å². The molecule has 9 heavy (non-hydrogen) atoms. The van der Waals surface area contributed by atoms with Gasteiger partial charge < -0.3 is 0 Å². The van der Waals surface area contributed by atoms with Gasteiger partial charge in [0, 0.05) is 0 Å². The third-order valence-electron chi connectivity index (χ3n) is 0.358. The molecule has 0 radical (unpaired) electrons. The Bertz CT molecular complexity index is 88.4. The molecule has 0 spiro atoms. The van der Waals surface area contributed by atoms with E-state index in [9.17, 15) is 9.36 Å². The van der Waals surface area contributed by atoms with Crippen LogP contribution in [0.4, 0.5) is 0 Å². The monoisotopic (exact) mass is 151 g/mol. The van der Waals surface area contributed by atoms with Crippen LogP contribution in [0.5, 0.6) is 0 Å². The van der Waals surface area contributed by atoms with Gasteiger partial charge in [-0.1, -0.05) is 13.8 Å². The van der Waals surface area contributed by atoms with E-state index in [4.69, 9.17) is 4.89 Å². The topological polar surface area (TPSA) is 54.4 Å². The van der Waals surface area contributed by atoms with Crippen molar-refractivity contribution in [3.63, 3.8) is 0 Å². The quantitative estimate of drug-likeness (QED) is 0.606. The Kier molecular flexibility index (Phi) is 9.89. The number of rotatable bonds is 2. The molecule has 3 nitrogen and oxygen atoms in total. The summed E-state index contributed by atoms with van der Waals surface area (Å²) in [6, 6.07) is 0. The number of ketones is 1. The summed E-state index contributed by atoms with van der Waals surface area (Å²) in [5.74, 6) is -0.247. The van der Waals surface area contributed by atoms with Crippen LogP contribution in [-0.2, 0) is 9.36 Å². The second-order valence-corrected chi connectivity index (χ2v) is 2.23. The highest BCUT2D eigenvalue weighted by Crippen LogP contribution is 2.10. The van der Waals surface area contributed by atoms with Crippen molar-refractivity contribution in [3.05, 3.63) is 0 Å². The van der Waals surface area contributed by atoms with E-state index in [1.165, 1.54) is 6.92 Å². The van der Waals surface area contributed by atoms with Crippen LogP contribution in [0.1, 0.15) is 20.8 Å². The Balaban J connectivity index is 0. The van der Waals surface area contributed by atoms with E-state index in [0.29, 0.717) is 0 Å². The molecule has 1 atom stereocenters. The molecule has 0 aromatic heterocycles. The molecule has 0 amide bonds. The Morgan fingerprint density at radius 2 is 1.89 bits per heavy atom. The number of hydrogen-bond acceptors (Lipinski definition) is 2. The molecule has 0 heterocycles. The fourth-order valence-corrected chi connectivity index (χ4v) is 0.571. The van der Waals surface area contributed by atoms with Gasteiger partial charge in [0.1, 0.15) is 0 Å². The first kappa shape index (κ1) is 11.5. The van der Waals surface area contributed by atoms with Crippen molar-refractivity contribution in [3.8, 4) is 0 Å². The predicted molar refractivity (Wildman–Crippen MR) is 36.7 cm³/mol. The molecule has 0 aliphatic rings. The lowest BCUT2D eigenvalue weighted by Crippen LogP contribution is -1.91. The molecule has 0 rings (SSSR count). The number of Topliss-reactive ketones (excluding diaryl/α,β-unsaturated/α-hetero) is 1. The Labute approximate surface area is 56.0 Å². The molecule has 0 saturated heterocycles. The average Bonchev–Trinajstić information content (AvgIpc) is 1.68. The molecule has 0 aliphatic carbocycles. The zero-order chi connectivity index (χ0) is 7.86. The van der Waals surface area contributed by atoms with Crippen LogP contribution in [0, 0.1) is 0 Å². The summed E-state index contributed by atoms with van der Waals surface area (Å²) >= 11 is 0. The van der Waals surface area contributed by atoms with Crippen LogP contribution < -0.4 is 0 Å². The second kappa shape index (κ2) is 7.73. The largest absolute Gasteiger partial charge is 0.513 e. The Hall–Kier alpha value is -0.270. The molecule has 0 saturated carbocycles. The molecule has 0 aromatic rings. The first-order valence-electron chi connectivity index (χ1n) is 2.76. The minimum Gasteiger partial charge on any atom is -0.295 e. The van der Waals surface area contributed by atoms with E-state index in [-0.39, 0.29) is 11.9 Å². The smallest absolute Gasteiger partial charge is 0.295 e. The van der Waals surface area contributed by atoms with Gasteiger partial charge >= 0.3 is 8.03 Å². The van der Waals surface area contributed by atoms with Crippen molar-refractivity contribution in [1.82, 2.24) is 0 Å². The van der Waals surface area contributed by atoms with Gasteiger partial charge in [-0.3, -0.25) is 4.79 Å². The number of carbonyl (C=O) groups is 1. The molecule has 0 fully saturated rings. The fourth-order valence-electron chi connectivity index (χ4n) is 0.190. The van der Waals surface area contributed by atoms with Gasteiger partial charge in [-0.05, 0) is 11.5 Å². The summed E-state index contributed by atoms with van der Waals surface area (Å²) in [6.07, 6.45) is -0.213. The van der Waals surface area contributed by atoms with Gasteiger partial charge in [0.15, 0.2) is 5.78 Å². The summed E-state index contributed by atoms with van der Waals surface area (Å²) in [5, 5.41) is 0. The number of carbonyl (C=O) groups excluding carboxylic acids is 1. The zero-order valence-electron chi connectivity index (χ0n) is 5.92. The third kappa shape index (κ3) is 18.2. The zero-order valence-corrected chi connectivity index (χ0v) is 6.81. The first-order chi connectivity index (χ1) is 4.13. The maximum absolute atomic E-state index is 9.91. The lowest BCUT2D eigenvalue weighted by atomic mass is 10.5. The van der Waals surface area contributed by atoms with Gasteiger partial charge in [0.25, 0.3) is 0 Å². The maximum Gasteiger partial charge on any atom is 0.513 e. The summed E-state index contributed by atoms with van der Waals surface area (Å²) in [4.78, 5) is 17.9. The highest BCUT2D eigenvalue weighted by atomic mass is 31.1. The number of hydrogen-bond donors (Lipinski definition) is 1. The van der Waals surface area contributed by atoms with Crippen LogP contribution in [0.25, 0.3) is 0 Å². The SMILES string of the molecule is CC.CC(=O)C[P+](=O)O. The normalized spacial score (nSPS) is 9.11. The van der Waals surface area contributed by atoms with Crippen LogP contribution in [-0.4, -0.2) is 16.8 Å². The summed E-state index contributed by atoms with van der Waals surface area (Å²) < 4.78 is 9.74. The van der Waals surface area contributed by atoms with E-state index >= 15 is 0 Å². The molecule has 1 unspecified atom stereocenters. The standard InChI is InChI=1S/C3H5O3P.C2H6/c1-3(4)2-7(5)6;1-2/h2H2,1H3;1-2H3/p+1. The van der Waals surface area contributed by atoms with Crippen molar-refractivity contribution in [1.29, 1.82) is 0 Å². The van der Waals surface area contributed by atoms with Crippen molar-refractivity contribution in [2.45, 2.75) is 20.8 Å². The lowest BCUT2D eigenvalue weighted by Gasteiger charge is -1.68. The van der Waals surface area contributed by atoms with E-state index in [0.717, 1.165) is 0 Å². The maximum atomic E-state index is 9.91. The molecule has 0 bridgehead atoms. The predicted octanol–water partition coefficient (Wildman–Crippen LogP) is 1.34. The molecule has 1 N–H and O–H groups in total.